The summed E-state index contributed by atoms with van der Waals surface area (Å²) in [5.74, 6) is 3.64. The van der Waals surface area contributed by atoms with Crippen molar-refractivity contribution in [3.05, 3.63) is 84.4 Å². The number of hydrogen-bond acceptors (Lipinski definition) is 3. The van der Waals surface area contributed by atoms with Gasteiger partial charge in [0.15, 0.2) is 0 Å². The minimum absolute atomic E-state index is 0.128. The van der Waals surface area contributed by atoms with Crippen molar-refractivity contribution in [2.45, 2.75) is 6.92 Å². The second-order valence-electron chi connectivity index (χ2n) is 7.85. The fraction of sp³-hybridized carbons (Fsp3) is 0.0400. The van der Waals surface area contributed by atoms with Crippen molar-refractivity contribution >= 4 is 40.2 Å². The highest BCUT2D eigenvalue weighted by atomic mass is 16.5. The summed E-state index contributed by atoms with van der Waals surface area (Å²) in [7, 11) is 0. The first-order valence-electron chi connectivity index (χ1n) is 9.91. The average Bonchev–Trinajstić information content (AvgIpc) is 2.75. The van der Waals surface area contributed by atoms with Crippen molar-refractivity contribution in [1.29, 1.82) is 0 Å². The SMILES string of the molecule is Cc1ccc(N2c3cccc4c3B3c5c(cccc5Oc5cccc2c53)O4)cc1. The minimum atomic E-state index is 0.128. The van der Waals surface area contributed by atoms with Crippen LogP contribution < -0.4 is 30.8 Å². The zero-order valence-corrected chi connectivity index (χ0v) is 15.8. The summed E-state index contributed by atoms with van der Waals surface area (Å²) in [5, 5.41) is 0. The molecule has 3 aliphatic rings. The van der Waals surface area contributed by atoms with E-state index in [2.05, 4.69) is 72.5 Å². The van der Waals surface area contributed by atoms with Crippen molar-refractivity contribution in [3.63, 3.8) is 0 Å². The summed E-state index contributed by atoms with van der Waals surface area (Å²) in [6.45, 7) is 2.24. The van der Waals surface area contributed by atoms with Crippen LogP contribution in [0.25, 0.3) is 0 Å². The summed E-state index contributed by atoms with van der Waals surface area (Å²) in [6.07, 6.45) is 0. The Kier molecular flexibility index (Phi) is 2.76. The highest BCUT2D eigenvalue weighted by Gasteiger charge is 2.46. The molecule has 0 fully saturated rings. The van der Waals surface area contributed by atoms with Gasteiger partial charge >= 0.3 is 0 Å². The molecule has 0 unspecified atom stereocenters. The Labute approximate surface area is 169 Å². The van der Waals surface area contributed by atoms with Crippen LogP contribution in [0, 0.1) is 6.92 Å². The smallest absolute Gasteiger partial charge is 0.266 e. The molecule has 0 bridgehead atoms. The normalized spacial score (nSPS) is 14.1. The van der Waals surface area contributed by atoms with Crippen LogP contribution in [0.3, 0.4) is 0 Å². The molecule has 136 valence electrons. The Morgan fingerprint density at radius 3 is 1.62 bits per heavy atom. The summed E-state index contributed by atoms with van der Waals surface area (Å²) < 4.78 is 12.7. The third-order valence-corrected chi connectivity index (χ3v) is 6.19. The number of rotatable bonds is 1. The topological polar surface area (TPSA) is 21.7 Å². The van der Waals surface area contributed by atoms with E-state index in [1.807, 2.05) is 18.2 Å². The number of nitrogens with zero attached hydrogens (tertiary/aromatic N) is 1. The fourth-order valence-corrected chi connectivity index (χ4v) is 4.97. The minimum Gasteiger partial charge on any atom is -0.458 e. The van der Waals surface area contributed by atoms with Crippen molar-refractivity contribution < 1.29 is 9.47 Å². The summed E-state index contributed by atoms with van der Waals surface area (Å²) in [4.78, 5) is 2.33. The van der Waals surface area contributed by atoms with Crippen molar-refractivity contribution in [2.75, 3.05) is 4.90 Å². The van der Waals surface area contributed by atoms with Gasteiger partial charge in [-0.3, -0.25) is 0 Å². The second kappa shape index (κ2) is 5.23. The molecule has 4 aromatic carbocycles. The lowest BCUT2D eigenvalue weighted by Gasteiger charge is -2.42. The van der Waals surface area contributed by atoms with E-state index in [1.165, 1.54) is 27.9 Å². The van der Waals surface area contributed by atoms with Crippen LogP contribution in [0.2, 0.25) is 0 Å². The van der Waals surface area contributed by atoms with Gasteiger partial charge in [0, 0.05) is 22.5 Å². The van der Waals surface area contributed by atoms with Crippen LogP contribution in [-0.4, -0.2) is 6.71 Å². The Morgan fingerprint density at radius 2 is 1.07 bits per heavy atom. The highest BCUT2D eigenvalue weighted by Crippen LogP contribution is 2.44. The molecule has 0 aromatic heterocycles. The summed E-state index contributed by atoms with van der Waals surface area (Å²) in [5.41, 5.74) is 8.30. The summed E-state index contributed by atoms with van der Waals surface area (Å²) in [6, 6.07) is 27.5. The van der Waals surface area contributed by atoms with Gasteiger partial charge in [-0.1, -0.05) is 35.9 Å². The molecule has 0 radical (unpaired) electrons. The van der Waals surface area contributed by atoms with E-state index >= 15 is 0 Å². The molecule has 3 nitrogen and oxygen atoms in total. The number of ether oxygens (including phenoxy) is 2. The first kappa shape index (κ1) is 15.3. The van der Waals surface area contributed by atoms with E-state index in [1.54, 1.807) is 0 Å². The standard InChI is InChI=1S/C25H16BNO2/c1-15-11-13-16(14-12-15)27-17-5-2-7-19-23(17)26-24-18(27)6-3-8-20(24)29-22-10-4-9-21(28-19)25(22)26/h2-14H,1H3. The van der Waals surface area contributed by atoms with Crippen LogP contribution in [0.1, 0.15) is 5.56 Å². The molecule has 0 atom stereocenters. The molecule has 0 amide bonds. The van der Waals surface area contributed by atoms with Gasteiger partial charge in [0.2, 0.25) is 0 Å². The lowest BCUT2D eigenvalue weighted by Crippen LogP contribution is -2.61. The molecular formula is C25H16BNO2. The molecule has 7 rings (SSSR count). The van der Waals surface area contributed by atoms with Gasteiger partial charge in [-0.25, -0.2) is 0 Å². The molecule has 29 heavy (non-hydrogen) atoms. The molecular weight excluding hydrogens is 357 g/mol. The van der Waals surface area contributed by atoms with Gasteiger partial charge in [0.1, 0.15) is 23.0 Å². The predicted molar refractivity (Wildman–Crippen MR) is 117 cm³/mol. The van der Waals surface area contributed by atoms with Crippen LogP contribution >= 0.6 is 0 Å². The first-order chi connectivity index (χ1) is 14.3. The van der Waals surface area contributed by atoms with Crippen molar-refractivity contribution in [1.82, 2.24) is 0 Å². The molecule has 0 saturated carbocycles. The predicted octanol–water partition coefficient (Wildman–Crippen LogP) is 4.51. The molecule has 4 heteroatoms. The second-order valence-corrected chi connectivity index (χ2v) is 7.85. The molecule has 4 aromatic rings. The van der Waals surface area contributed by atoms with E-state index in [0.29, 0.717) is 0 Å². The van der Waals surface area contributed by atoms with Gasteiger partial charge in [-0.2, -0.15) is 0 Å². The summed E-state index contributed by atoms with van der Waals surface area (Å²) >= 11 is 0. The van der Waals surface area contributed by atoms with Gasteiger partial charge in [0.05, 0.1) is 0 Å². The number of benzene rings is 4. The zero-order valence-electron chi connectivity index (χ0n) is 15.8. The van der Waals surface area contributed by atoms with E-state index in [4.69, 9.17) is 9.47 Å². The Hall–Kier alpha value is -3.66. The number of aryl methyl sites for hydroxylation is 1. The van der Waals surface area contributed by atoms with Crippen molar-refractivity contribution in [2.24, 2.45) is 0 Å². The number of anilines is 3. The van der Waals surface area contributed by atoms with Crippen LogP contribution in [-0.2, 0) is 0 Å². The highest BCUT2D eigenvalue weighted by molar-refractivity contribution is 7.00. The molecule has 0 N–H and O–H groups in total. The fourth-order valence-electron chi connectivity index (χ4n) is 4.97. The first-order valence-corrected chi connectivity index (χ1v) is 9.91. The largest absolute Gasteiger partial charge is 0.458 e. The molecule has 0 aliphatic carbocycles. The number of hydrogen-bond donors (Lipinski definition) is 0. The van der Waals surface area contributed by atoms with E-state index in [9.17, 15) is 0 Å². The third-order valence-electron chi connectivity index (χ3n) is 6.19. The maximum absolute atomic E-state index is 6.35. The molecule has 3 aliphatic heterocycles. The van der Waals surface area contributed by atoms with Crippen LogP contribution in [0.15, 0.2) is 78.9 Å². The maximum atomic E-state index is 6.35. The van der Waals surface area contributed by atoms with Crippen LogP contribution in [0.5, 0.6) is 23.0 Å². The average molecular weight is 373 g/mol. The molecule has 0 saturated heterocycles. The third kappa shape index (κ3) is 1.88. The van der Waals surface area contributed by atoms with E-state index < -0.39 is 0 Å². The lowest BCUT2D eigenvalue weighted by atomic mass is 9.33. The molecule has 3 heterocycles. The van der Waals surface area contributed by atoms with Crippen LogP contribution in [0.4, 0.5) is 17.1 Å². The van der Waals surface area contributed by atoms with Gasteiger partial charge in [-0.05, 0) is 66.4 Å². The van der Waals surface area contributed by atoms with Gasteiger partial charge < -0.3 is 14.4 Å². The monoisotopic (exact) mass is 373 g/mol. The quantitative estimate of drug-likeness (QED) is 0.396. The van der Waals surface area contributed by atoms with E-state index in [-0.39, 0.29) is 6.71 Å². The lowest BCUT2D eigenvalue weighted by molar-refractivity contribution is 0.464. The van der Waals surface area contributed by atoms with Crippen molar-refractivity contribution in [3.8, 4) is 23.0 Å². The Balaban J connectivity index is 1.60. The van der Waals surface area contributed by atoms with Gasteiger partial charge in [0.25, 0.3) is 6.71 Å². The van der Waals surface area contributed by atoms with E-state index in [0.717, 1.165) is 34.1 Å². The Bertz CT molecular complexity index is 1250. The molecule has 0 spiro atoms. The maximum Gasteiger partial charge on any atom is 0.266 e. The zero-order chi connectivity index (χ0) is 19.1. The van der Waals surface area contributed by atoms with Gasteiger partial charge in [-0.15, -0.1) is 0 Å². The Morgan fingerprint density at radius 1 is 0.586 bits per heavy atom.